The molecule has 1 fully saturated rings. The lowest BCUT2D eigenvalue weighted by molar-refractivity contribution is -0.131. The van der Waals surface area contributed by atoms with Crippen LogP contribution in [0.3, 0.4) is 0 Å². The molecule has 0 saturated carbocycles. The molecule has 3 N–H and O–H groups in total. The Kier molecular flexibility index (Phi) is 8.99. The van der Waals surface area contributed by atoms with E-state index in [0.717, 1.165) is 18.7 Å². The minimum atomic E-state index is -0.584. The van der Waals surface area contributed by atoms with Gasteiger partial charge in [0.2, 0.25) is 0 Å². The molecule has 3 rings (SSSR count). The number of morpholine rings is 1. The number of phenolic OH excluding ortho intramolecular Hbond substituents is 1. The van der Waals surface area contributed by atoms with E-state index in [1.807, 2.05) is 6.07 Å². The van der Waals surface area contributed by atoms with Crippen molar-refractivity contribution >= 4 is 29.2 Å². The number of hydrogen-bond acceptors (Lipinski definition) is 8. The number of carbonyl (C=O) groups is 2. The molecule has 1 unspecified atom stereocenters. The van der Waals surface area contributed by atoms with Gasteiger partial charge >= 0.3 is 11.9 Å². The first-order chi connectivity index (χ1) is 16.5. The van der Waals surface area contributed by atoms with E-state index in [2.05, 4.69) is 31.4 Å². The van der Waals surface area contributed by atoms with Crippen molar-refractivity contribution in [2.75, 3.05) is 31.6 Å². The standard InChI is InChI=1S/C26H33ClN2O6/c1-16(30)35-23-13-19(29-14-17-11-18(26(2,3)4)12-22(27)24(17)31)5-6-21(23)25(32)34-9-7-20-15-28-8-10-33-20/h5-6,11-13,20,28-29,31H,7-10,14-15H2,1-4H3. The number of rotatable bonds is 8. The second kappa shape index (κ2) is 11.7. The Bertz CT molecular complexity index is 1060. The zero-order valence-electron chi connectivity index (χ0n) is 20.6. The normalized spacial score (nSPS) is 16.0. The van der Waals surface area contributed by atoms with Crippen molar-refractivity contribution in [3.8, 4) is 11.5 Å². The Morgan fingerprint density at radius 2 is 2.03 bits per heavy atom. The average molecular weight is 505 g/mol. The molecule has 35 heavy (non-hydrogen) atoms. The molecular weight excluding hydrogens is 472 g/mol. The number of nitrogens with one attached hydrogen (secondary N) is 2. The van der Waals surface area contributed by atoms with Crippen LogP contribution in [0.5, 0.6) is 11.5 Å². The van der Waals surface area contributed by atoms with Gasteiger partial charge in [-0.1, -0.05) is 32.4 Å². The summed E-state index contributed by atoms with van der Waals surface area (Å²) < 4.78 is 16.3. The molecule has 0 radical (unpaired) electrons. The second-order valence-corrected chi connectivity index (χ2v) is 9.90. The van der Waals surface area contributed by atoms with E-state index in [0.29, 0.717) is 24.3 Å². The van der Waals surface area contributed by atoms with Crippen molar-refractivity contribution in [3.63, 3.8) is 0 Å². The number of halogens is 1. The molecule has 0 bridgehead atoms. The number of carbonyl (C=O) groups excluding carboxylic acids is 2. The number of ether oxygens (including phenoxy) is 3. The highest BCUT2D eigenvalue weighted by Gasteiger charge is 2.20. The molecule has 2 aromatic rings. The summed E-state index contributed by atoms with van der Waals surface area (Å²) in [7, 11) is 0. The van der Waals surface area contributed by atoms with Crippen molar-refractivity contribution < 1.29 is 28.9 Å². The Morgan fingerprint density at radius 1 is 1.26 bits per heavy atom. The van der Waals surface area contributed by atoms with Gasteiger partial charge in [-0.3, -0.25) is 4.79 Å². The fourth-order valence-corrected chi connectivity index (χ4v) is 3.87. The summed E-state index contributed by atoms with van der Waals surface area (Å²) in [6, 6.07) is 8.44. The SMILES string of the molecule is CC(=O)Oc1cc(NCc2cc(C(C)(C)C)cc(Cl)c2O)ccc1C(=O)OCCC1CNCCO1. The van der Waals surface area contributed by atoms with E-state index >= 15 is 0 Å². The van der Waals surface area contributed by atoms with E-state index in [1.165, 1.54) is 6.92 Å². The van der Waals surface area contributed by atoms with Crippen LogP contribution in [0.2, 0.25) is 5.02 Å². The molecule has 1 saturated heterocycles. The molecule has 8 nitrogen and oxygen atoms in total. The van der Waals surface area contributed by atoms with E-state index in [9.17, 15) is 14.7 Å². The molecule has 2 aromatic carbocycles. The van der Waals surface area contributed by atoms with Crippen LogP contribution < -0.4 is 15.4 Å². The van der Waals surface area contributed by atoms with Gasteiger partial charge in [0.05, 0.1) is 24.3 Å². The first kappa shape index (κ1) is 26.8. The molecule has 1 heterocycles. The Balaban J connectivity index is 1.71. The largest absolute Gasteiger partial charge is 0.506 e. The van der Waals surface area contributed by atoms with Gasteiger partial charge in [0.15, 0.2) is 0 Å². The molecule has 0 aromatic heterocycles. The van der Waals surface area contributed by atoms with E-state index < -0.39 is 11.9 Å². The van der Waals surface area contributed by atoms with Crippen molar-refractivity contribution in [1.29, 1.82) is 0 Å². The molecule has 1 aliphatic heterocycles. The first-order valence-corrected chi connectivity index (χ1v) is 12.0. The summed E-state index contributed by atoms with van der Waals surface area (Å²) in [4.78, 5) is 24.3. The zero-order valence-corrected chi connectivity index (χ0v) is 21.3. The molecule has 0 amide bonds. The smallest absolute Gasteiger partial charge is 0.341 e. The number of hydrogen-bond donors (Lipinski definition) is 3. The number of benzene rings is 2. The summed E-state index contributed by atoms with van der Waals surface area (Å²) in [5, 5.41) is 17.1. The lowest BCUT2D eigenvalue weighted by atomic mass is 9.86. The third-order valence-electron chi connectivity index (χ3n) is 5.62. The average Bonchev–Trinajstić information content (AvgIpc) is 2.79. The van der Waals surface area contributed by atoms with Gasteiger partial charge < -0.3 is 30.0 Å². The summed E-state index contributed by atoms with van der Waals surface area (Å²) in [5.74, 6) is -1.04. The maximum atomic E-state index is 12.7. The number of esters is 2. The molecule has 190 valence electrons. The predicted octanol–water partition coefficient (Wildman–Crippen LogP) is 4.42. The topological polar surface area (TPSA) is 106 Å². The van der Waals surface area contributed by atoms with Gasteiger partial charge in [0.1, 0.15) is 17.1 Å². The Labute approximate surface area is 210 Å². The second-order valence-electron chi connectivity index (χ2n) is 9.50. The van der Waals surface area contributed by atoms with Crippen LogP contribution in [0, 0.1) is 0 Å². The molecule has 9 heteroatoms. The lowest BCUT2D eigenvalue weighted by Gasteiger charge is -2.23. The highest BCUT2D eigenvalue weighted by atomic mass is 35.5. The van der Waals surface area contributed by atoms with Gasteiger partial charge in [0.25, 0.3) is 0 Å². The predicted molar refractivity (Wildman–Crippen MR) is 134 cm³/mol. The van der Waals surface area contributed by atoms with Crippen LogP contribution in [-0.2, 0) is 26.2 Å². The van der Waals surface area contributed by atoms with Crippen LogP contribution in [0.15, 0.2) is 30.3 Å². The van der Waals surface area contributed by atoms with Crippen molar-refractivity contribution in [2.24, 2.45) is 0 Å². The minimum absolute atomic E-state index is 0.00206. The van der Waals surface area contributed by atoms with Crippen LogP contribution >= 0.6 is 11.6 Å². The number of aromatic hydroxyl groups is 1. The minimum Gasteiger partial charge on any atom is -0.506 e. The number of phenols is 1. The third-order valence-corrected chi connectivity index (χ3v) is 5.91. The maximum absolute atomic E-state index is 12.7. The highest BCUT2D eigenvalue weighted by Crippen LogP contribution is 2.35. The molecular formula is C26H33ClN2O6. The van der Waals surface area contributed by atoms with E-state index in [-0.39, 0.29) is 46.8 Å². The zero-order chi connectivity index (χ0) is 25.6. The maximum Gasteiger partial charge on any atom is 0.341 e. The highest BCUT2D eigenvalue weighted by molar-refractivity contribution is 6.32. The van der Waals surface area contributed by atoms with Crippen molar-refractivity contribution in [1.82, 2.24) is 5.32 Å². The van der Waals surface area contributed by atoms with Gasteiger partial charge in [-0.2, -0.15) is 0 Å². The fraction of sp³-hybridized carbons (Fsp3) is 0.462. The summed E-state index contributed by atoms with van der Waals surface area (Å²) in [6.07, 6.45) is 0.568. The number of anilines is 1. The monoisotopic (exact) mass is 504 g/mol. The van der Waals surface area contributed by atoms with E-state index in [4.69, 9.17) is 25.8 Å². The van der Waals surface area contributed by atoms with Gasteiger partial charge in [0, 0.05) is 50.3 Å². The molecule has 0 aliphatic carbocycles. The van der Waals surface area contributed by atoms with Crippen molar-refractivity contribution in [2.45, 2.75) is 52.2 Å². The van der Waals surface area contributed by atoms with Gasteiger partial charge in [-0.15, -0.1) is 0 Å². The van der Waals surface area contributed by atoms with Crippen LogP contribution in [0.1, 0.15) is 55.6 Å². The summed E-state index contributed by atoms with van der Waals surface area (Å²) >= 11 is 6.24. The summed E-state index contributed by atoms with van der Waals surface area (Å²) in [5.41, 5.74) is 2.21. The van der Waals surface area contributed by atoms with Crippen LogP contribution in [0.25, 0.3) is 0 Å². The fourth-order valence-electron chi connectivity index (χ4n) is 3.63. The quantitative estimate of drug-likeness (QED) is 0.358. The lowest BCUT2D eigenvalue weighted by Crippen LogP contribution is -2.39. The Hall–Kier alpha value is -2.81. The van der Waals surface area contributed by atoms with Gasteiger partial charge in [-0.05, 0) is 35.2 Å². The third kappa shape index (κ3) is 7.59. The summed E-state index contributed by atoms with van der Waals surface area (Å²) in [6.45, 7) is 10.1. The first-order valence-electron chi connectivity index (χ1n) is 11.6. The van der Waals surface area contributed by atoms with Gasteiger partial charge in [-0.25, -0.2) is 4.79 Å². The van der Waals surface area contributed by atoms with Crippen LogP contribution in [0.4, 0.5) is 5.69 Å². The van der Waals surface area contributed by atoms with E-state index in [1.54, 1.807) is 24.3 Å². The Morgan fingerprint density at radius 3 is 2.69 bits per heavy atom. The molecule has 0 spiro atoms. The molecule has 1 aliphatic rings. The molecule has 1 atom stereocenters. The van der Waals surface area contributed by atoms with Crippen molar-refractivity contribution in [3.05, 3.63) is 52.0 Å². The van der Waals surface area contributed by atoms with Crippen LogP contribution in [-0.4, -0.2) is 49.5 Å².